The maximum Gasteiger partial charge on any atom is 0.270 e. The molecule has 0 atom stereocenters. The van der Waals surface area contributed by atoms with Crippen LogP contribution in [0.1, 0.15) is 0 Å². The Kier molecular flexibility index (Phi) is 3.76. The largest absolute Gasteiger partial charge is 0.437 e. The van der Waals surface area contributed by atoms with Gasteiger partial charge >= 0.3 is 0 Å². The van der Waals surface area contributed by atoms with Crippen LogP contribution in [0.15, 0.2) is 39.9 Å². The van der Waals surface area contributed by atoms with E-state index in [-0.39, 0.29) is 17.1 Å². The average molecular weight is 282 g/mol. The van der Waals surface area contributed by atoms with Gasteiger partial charge in [0.2, 0.25) is 5.55 Å². The molecule has 1 amide bonds. The molecule has 0 saturated carbocycles. The molecule has 1 heterocycles. The van der Waals surface area contributed by atoms with Gasteiger partial charge in [-0.2, -0.15) is 0 Å². The number of halogens is 1. The van der Waals surface area contributed by atoms with Crippen molar-refractivity contribution in [2.45, 2.75) is 0 Å². The number of alkyl halides is 1. The number of fused-ring (bicyclic) bond motifs is 1. The normalized spacial score (nSPS) is 11.5. The first-order valence-electron chi connectivity index (χ1n) is 5.17. The van der Waals surface area contributed by atoms with Gasteiger partial charge in [0.15, 0.2) is 0 Å². The molecule has 0 aliphatic rings. The number of carbonyl (C=O) groups is 1. The highest BCUT2D eigenvalue weighted by Gasteiger charge is 2.06. The van der Waals surface area contributed by atoms with Gasteiger partial charge in [-0.05, 0) is 12.1 Å². The van der Waals surface area contributed by atoms with Gasteiger partial charge in [-0.1, -0.05) is 0 Å². The van der Waals surface area contributed by atoms with Crippen LogP contribution in [0, 0.1) is 10.1 Å². The van der Waals surface area contributed by atoms with Crippen LogP contribution in [0.25, 0.3) is 11.0 Å². The predicted octanol–water partition coefficient (Wildman–Crippen LogP) is 1.51. The summed E-state index contributed by atoms with van der Waals surface area (Å²) in [6.45, 7) is 0. The summed E-state index contributed by atoms with van der Waals surface area (Å²) in [6, 6.07) is 7.28. The second-order valence-electron chi connectivity index (χ2n) is 3.53. The lowest BCUT2D eigenvalue weighted by Gasteiger charge is -1.97. The zero-order valence-corrected chi connectivity index (χ0v) is 10.3. The van der Waals surface area contributed by atoms with Crippen molar-refractivity contribution in [2.24, 2.45) is 5.10 Å². The van der Waals surface area contributed by atoms with E-state index in [4.69, 9.17) is 16.0 Å². The van der Waals surface area contributed by atoms with Crippen LogP contribution in [-0.2, 0) is 4.79 Å². The van der Waals surface area contributed by atoms with Gasteiger partial charge < -0.3 is 4.42 Å². The molecule has 0 spiro atoms. The summed E-state index contributed by atoms with van der Waals surface area (Å²) in [5, 5.41) is 14.9. The fourth-order valence-corrected chi connectivity index (χ4v) is 1.45. The lowest BCUT2D eigenvalue weighted by atomic mass is 10.2. The Morgan fingerprint density at radius 2 is 2.21 bits per heavy atom. The molecule has 0 fully saturated rings. The Hall–Kier alpha value is -2.41. The number of nitro groups is 1. The Bertz CT molecular complexity index is 710. The quantitative estimate of drug-likeness (QED) is 0.524. The van der Waals surface area contributed by atoms with Gasteiger partial charge in [0.05, 0.1) is 4.92 Å². The third kappa shape index (κ3) is 3.08. The lowest BCUT2D eigenvalue weighted by molar-refractivity contribution is -0.384. The molecule has 1 aromatic heterocycles. The highest BCUT2D eigenvalue weighted by molar-refractivity contribution is 6.27. The number of benzene rings is 1. The van der Waals surface area contributed by atoms with Crippen molar-refractivity contribution in [1.82, 2.24) is 5.43 Å². The van der Waals surface area contributed by atoms with E-state index in [0.29, 0.717) is 11.0 Å². The minimum Gasteiger partial charge on any atom is -0.437 e. The number of non-ortho nitro benzene ring substituents is 1. The highest BCUT2D eigenvalue weighted by atomic mass is 35.5. The Morgan fingerprint density at radius 3 is 2.89 bits per heavy atom. The van der Waals surface area contributed by atoms with E-state index in [1.165, 1.54) is 24.3 Å². The Balaban J connectivity index is 2.39. The second-order valence-corrected chi connectivity index (χ2v) is 3.80. The number of nitrogens with one attached hydrogen (secondary N) is 1. The van der Waals surface area contributed by atoms with Crippen molar-refractivity contribution >= 4 is 34.2 Å². The first-order valence-corrected chi connectivity index (χ1v) is 5.70. The average Bonchev–Trinajstić information content (AvgIpc) is 2.43. The molecule has 0 aliphatic carbocycles. The van der Waals surface area contributed by atoms with Gasteiger partial charge in [-0.15, -0.1) is 16.7 Å². The van der Waals surface area contributed by atoms with Crippen LogP contribution >= 0.6 is 11.6 Å². The number of rotatable bonds is 3. The molecule has 19 heavy (non-hydrogen) atoms. The van der Waals surface area contributed by atoms with Crippen LogP contribution in [0.4, 0.5) is 5.69 Å². The van der Waals surface area contributed by atoms with Gasteiger partial charge in [0, 0.05) is 23.6 Å². The molecular weight excluding hydrogens is 274 g/mol. The van der Waals surface area contributed by atoms with E-state index in [1.807, 2.05) is 0 Å². The molecule has 0 unspecified atom stereocenters. The molecule has 0 bridgehead atoms. The Morgan fingerprint density at radius 1 is 1.42 bits per heavy atom. The molecule has 2 rings (SSSR count). The number of nitro benzene ring substituents is 1. The number of amides is 1. The lowest BCUT2D eigenvalue weighted by Crippen LogP contribution is -2.21. The van der Waals surface area contributed by atoms with Crippen LogP contribution in [0.5, 0.6) is 0 Å². The summed E-state index contributed by atoms with van der Waals surface area (Å²) in [5.74, 6) is -0.663. The Labute approximate surface area is 111 Å². The monoisotopic (exact) mass is 281 g/mol. The van der Waals surface area contributed by atoms with E-state index in [1.54, 1.807) is 6.07 Å². The molecule has 8 heteroatoms. The van der Waals surface area contributed by atoms with Crippen molar-refractivity contribution < 1.29 is 14.1 Å². The van der Waals surface area contributed by atoms with E-state index < -0.39 is 10.8 Å². The molecule has 7 nitrogen and oxygen atoms in total. The van der Waals surface area contributed by atoms with Crippen molar-refractivity contribution in [3.05, 3.63) is 46.0 Å². The fourth-order valence-electron chi connectivity index (χ4n) is 1.39. The third-order valence-electron chi connectivity index (χ3n) is 2.24. The molecular formula is C11H8ClN3O4. The minimum absolute atomic E-state index is 0.0252. The minimum atomic E-state index is -0.488. The maximum atomic E-state index is 10.9. The second kappa shape index (κ2) is 5.49. The number of hydrogen-bond acceptors (Lipinski definition) is 5. The zero-order chi connectivity index (χ0) is 13.8. The molecule has 1 N–H and O–H groups in total. The van der Waals surface area contributed by atoms with Gasteiger partial charge in [0.25, 0.3) is 11.6 Å². The molecule has 98 valence electrons. The van der Waals surface area contributed by atoms with E-state index in [9.17, 15) is 14.9 Å². The topological polar surface area (TPSA) is 97.7 Å². The van der Waals surface area contributed by atoms with E-state index in [0.717, 1.165) is 0 Å². The SMILES string of the molecule is O=C(CCl)N/N=c1/ccc2cc([N+](=O)[O-])ccc2o1. The van der Waals surface area contributed by atoms with Crippen molar-refractivity contribution in [1.29, 1.82) is 0 Å². The summed E-state index contributed by atoms with van der Waals surface area (Å²) < 4.78 is 5.34. The van der Waals surface area contributed by atoms with E-state index in [2.05, 4.69) is 10.5 Å². The number of nitrogens with zero attached hydrogens (tertiary/aromatic N) is 2. The molecule has 0 aliphatic heterocycles. The van der Waals surface area contributed by atoms with Crippen LogP contribution in [0.3, 0.4) is 0 Å². The van der Waals surface area contributed by atoms with Gasteiger partial charge in [-0.25, -0.2) is 5.43 Å². The molecule has 0 radical (unpaired) electrons. The zero-order valence-electron chi connectivity index (χ0n) is 9.50. The summed E-state index contributed by atoms with van der Waals surface area (Å²) >= 11 is 5.29. The van der Waals surface area contributed by atoms with Gasteiger partial charge in [0.1, 0.15) is 11.5 Å². The smallest absolute Gasteiger partial charge is 0.270 e. The molecule has 0 saturated heterocycles. The molecule has 1 aromatic carbocycles. The number of hydrogen-bond donors (Lipinski definition) is 1. The van der Waals surface area contributed by atoms with Crippen LogP contribution in [-0.4, -0.2) is 16.7 Å². The van der Waals surface area contributed by atoms with Crippen LogP contribution < -0.4 is 11.0 Å². The first kappa shape index (κ1) is 13.0. The van der Waals surface area contributed by atoms with Crippen molar-refractivity contribution in [2.75, 3.05) is 5.88 Å². The summed E-state index contributed by atoms with van der Waals surface area (Å²) in [5.41, 5.74) is 2.76. The fraction of sp³-hybridized carbons (Fsp3) is 0.0909. The van der Waals surface area contributed by atoms with E-state index >= 15 is 0 Å². The summed E-state index contributed by atoms with van der Waals surface area (Å²) in [7, 11) is 0. The third-order valence-corrected chi connectivity index (χ3v) is 2.48. The van der Waals surface area contributed by atoms with Crippen molar-refractivity contribution in [3.63, 3.8) is 0 Å². The standard InChI is InChI=1S/C11H8ClN3O4/c12-6-10(16)13-14-11-4-1-7-5-8(15(17)18)2-3-9(7)19-11/h1-5H,6H2,(H,13,16)/b14-11-. The summed E-state index contributed by atoms with van der Waals surface area (Å²) in [4.78, 5) is 21.0. The molecule has 2 aromatic rings. The maximum absolute atomic E-state index is 10.9. The summed E-state index contributed by atoms with van der Waals surface area (Å²) in [6.07, 6.45) is 0. The van der Waals surface area contributed by atoms with Crippen molar-refractivity contribution in [3.8, 4) is 0 Å². The van der Waals surface area contributed by atoms with Gasteiger partial charge in [-0.3, -0.25) is 14.9 Å². The first-order chi connectivity index (χ1) is 9.10. The van der Waals surface area contributed by atoms with Crippen LogP contribution in [0.2, 0.25) is 0 Å². The number of carbonyl (C=O) groups excluding carboxylic acids is 1. The predicted molar refractivity (Wildman–Crippen MR) is 67.3 cm³/mol. The highest BCUT2D eigenvalue weighted by Crippen LogP contribution is 2.18.